The number of aryl methyl sites for hydroxylation is 2. The van der Waals surface area contributed by atoms with Crippen LogP contribution in [-0.4, -0.2) is 47.9 Å². The Morgan fingerprint density at radius 1 is 1.11 bits per heavy atom. The molecule has 1 aliphatic heterocycles. The molecule has 1 aliphatic rings. The molecule has 3 heterocycles. The third-order valence-electron chi connectivity index (χ3n) is 5.08. The van der Waals surface area contributed by atoms with Crippen LogP contribution in [-0.2, 0) is 0 Å². The van der Waals surface area contributed by atoms with Crippen LogP contribution in [0.2, 0.25) is 0 Å². The van der Waals surface area contributed by atoms with Gasteiger partial charge in [0.25, 0.3) is 0 Å². The lowest BCUT2D eigenvalue weighted by atomic mass is 10.1. The van der Waals surface area contributed by atoms with Crippen LogP contribution in [0.5, 0.6) is 11.5 Å². The van der Waals surface area contributed by atoms with E-state index in [0.29, 0.717) is 11.5 Å². The summed E-state index contributed by atoms with van der Waals surface area (Å²) in [7, 11) is 3.27. The lowest BCUT2D eigenvalue weighted by Crippen LogP contribution is -2.27. The van der Waals surface area contributed by atoms with Crippen LogP contribution in [0.1, 0.15) is 17.8 Å². The summed E-state index contributed by atoms with van der Waals surface area (Å²) in [6.45, 7) is 5.80. The molecule has 0 aliphatic carbocycles. The lowest BCUT2D eigenvalue weighted by Gasteiger charge is -2.19. The molecule has 7 nitrogen and oxygen atoms in total. The van der Waals surface area contributed by atoms with Crippen molar-refractivity contribution in [1.82, 2.24) is 14.6 Å². The predicted molar refractivity (Wildman–Crippen MR) is 106 cm³/mol. The van der Waals surface area contributed by atoms with Crippen LogP contribution in [0.15, 0.2) is 24.3 Å². The summed E-state index contributed by atoms with van der Waals surface area (Å²) in [6, 6.07) is 8.18. The second-order valence-electron chi connectivity index (χ2n) is 7.02. The standard InChI is InChI=1S/C20H25N5O2/c1-12-9-16(24-8-7-15(21)11-24)20-22-13(2)19(25(20)23-12)14-5-6-17(26-3)18(10-14)27-4/h5-6,9-10,15H,7-8,11,21H2,1-4H3. The number of hydrogen-bond acceptors (Lipinski definition) is 6. The highest BCUT2D eigenvalue weighted by Crippen LogP contribution is 2.35. The average molecular weight is 367 g/mol. The number of methoxy groups -OCH3 is 2. The fraction of sp³-hybridized carbons (Fsp3) is 0.400. The first-order chi connectivity index (χ1) is 13.0. The summed E-state index contributed by atoms with van der Waals surface area (Å²) < 4.78 is 12.8. The van der Waals surface area contributed by atoms with Crippen molar-refractivity contribution in [2.75, 3.05) is 32.2 Å². The first-order valence-electron chi connectivity index (χ1n) is 9.11. The smallest absolute Gasteiger partial charge is 0.178 e. The summed E-state index contributed by atoms with van der Waals surface area (Å²) >= 11 is 0. The highest BCUT2D eigenvalue weighted by atomic mass is 16.5. The molecule has 2 N–H and O–H groups in total. The number of aromatic nitrogens is 3. The van der Waals surface area contributed by atoms with Gasteiger partial charge in [0.2, 0.25) is 0 Å². The predicted octanol–water partition coefficient (Wildman–Crippen LogP) is 2.57. The number of anilines is 1. The molecule has 1 fully saturated rings. The largest absolute Gasteiger partial charge is 0.493 e. The third-order valence-corrected chi connectivity index (χ3v) is 5.08. The van der Waals surface area contributed by atoms with Gasteiger partial charge in [0.1, 0.15) is 0 Å². The van der Waals surface area contributed by atoms with E-state index in [4.69, 9.17) is 25.3 Å². The highest BCUT2D eigenvalue weighted by Gasteiger charge is 2.24. The maximum Gasteiger partial charge on any atom is 0.178 e. The van der Waals surface area contributed by atoms with Crippen molar-refractivity contribution in [3.63, 3.8) is 0 Å². The fourth-order valence-electron chi connectivity index (χ4n) is 3.78. The number of benzene rings is 1. The zero-order valence-corrected chi connectivity index (χ0v) is 16.2. The number of rotatable bonds is 4. The van der Waals surface area contributed by atoms with Gasteiger partial charge in [-0.2, -0.15) is 5.10 Å². The molecular weight excluding hydrogens is 342 g/mol. The Balaban J connectivity index is 1.90. The molecular formula is C20H25N5O2. The maximum absolute atomic E-state index is 6.12. The van der Waals surface area contributed by atoms with Crippen LogP contribution >= 0.6 is 0 Å². The minimum absolute atomic E-state index is 0.208. The monoisotopic (exact) mass is 367 g/mol. The van der Waals surface area contributed by atoms with Gasteiger partial charge in [0.15, 0.2) is 17.1 Å². The number of imidazole rings is 1. The van der Waals surface area contributed by atoms with Crippen LogP contribution in [0, 0.1) is 13.8 Å². The van der Waals surface area contributed by atoms with Crippen molar-refractivity contribution < 1.29 is 9.47 Å². The number of nitrogens with zero attached hydrogens (tertiary/aromatic N) is 4. The zero-order chi connectivity index (χ0) is 19.1. The van der Waals surface area contributed by atoms with Gasteiger partial charge in [0.05, 0.1) is 37.0 Å². The van der Waals surface area contributed by atoms with Crippen molar-refractivity contribution in [2.45, 2.75) is 26.3 Å². The molecule has 1 unspecified atom stereocenters. The Bertz CT molecular complexity index is 998. The second kappa shape index (κ2) is 6.74. The van der Waals surface area contributed by atoms with Gasteiger partial charge in [0, 0.05) is 24.7 Å². The topological polar surface area (TPSA) is 77.9 Å². The van der Waals surface area contributed by atoms with Crippen LogP contribution in [0.3, 0.4) is 0 Å². The number of nitrogens with two attached hydrogens (primary N) is 1. The molecule has 4 rings (SSSR count). The Hall–Kier alpha value is -2.80. The maximum atomic E-state index is 6.12. The van der Waals surface area contributed by atoms with E-state index in [1.807, 2.05) is 36.6 Å². The van der Waals surface area contributed by atoms with E-state index in [1.54, 1.807) is 14.2 Å². The molecule has 0 amide bonds. The SMILES string of the molecule is COc1ccc(-c2c(C)nc3c(N4CCC(N)C4)cc(C)nn23)cc1OC. The molecule has 3 aromatic rings. The Labute approximate surface area is 158 Å². The van der Waals surface area contributed by atoms with Gasteiger partial charge in [-0.1, -0.05) is 0 Å². The minimum Gasteiger partial charge on any atom is -0.493 e. The molecule has 1 saturated heterocycles. The summed E-state index contributed by atoms with van der Waals surface area (Å²) in [5.41, 5.74) is 11.9. The van der Waals surface area contributed by atoms with E-state index < -0.39 is 0 Å². The van der Waals surface area contributed by atoms with Crippen molar-refractivity contribution in [2.24, 2.45) is 5.73 Å². The quantitative estimate of drug-likeness (QED) is 0.764. The Kier molecular flexibility index (Phi) is 4.39. The van der Waals surface area contributed by atoms with E-state index in [1.165, 1.54) is 0 Å². The van der Waals surface area contributed by atoms with Gasteiger partial charge in [-0.05, 0) is 44.5 Å². The molecule has 142 valence electrons. The van der Waals surface area contributed by atoms with Crippen molar-refractivity contribution in [3.05, 3.63) is 35.7 Å². The van der Waals surface area contributed by atoms with E-state index in [0.717, 1.165) is 53.5 Å². The van der Waals surface area contributed by atoms with Crippen molar-refractivity contribution >= 4 is 11.3 Å². The first-order valence-corrected chi connectivity index (χ1v) is 9.11. The van der Waals surface area contributed by atoms with E-state index >= 15 is 0 Å². The van der Waals surface area contributed by atoms with Gasteiger partial charge in [-0.3, -0.25) is 0 Å². The van der Waals surface area contributed by atoms with Crippen LogP contribution in [0.25, 0.3) is 16.9 Å². The van der Waals surface area contributed by atoms with E-state index in [2.05, 4.69) is 11.0 Å². The molecule has 0 bridgehead atoms. The van der Waals surface area contributed by atoms with Crippen LogP contribution < -0.4 is 20.1 Å². The number of fused-ring (bicyclic) bond motifs is 1. The Morgan fingerprint density at radius 3 is 2.56 bits per heavy atom. The first kappa shape index (κ1) is 17.6. The zero-order valence-electron chi connectivity index (χ0n) is 16.2. The molecule has 0 spiro atoms. The molecule has 1 atom stereocenters. The van der Waals surface area contributed by atoms with Gasteiger partial charge in [-0.15, -0.1) is 0 Å². The van der Waals surface area contributed by atoms with E-state index in [9.17, 15) is 0 Å². The van der Waals surface area contributed by atoms with Gasteiger partial charge in [-0.25, -0.2) is 9.50 Å². The summed E-state index contributed by atoms with van der Waals surface area (Å²) in [5.74, 6) is 1.38. The normalized spacial score (nSPS) is 16.9. The Morgan fingerprint density at radius 2 is 1.89 bits per heavy atom. The molecule has 2 aromatic heterocycles. The summed E-state index contributed by atoms with van der Waals surface area (Å²) in [6.07, 6.45) is 0.996. The van der Waals surface area contributed by atoms with Gasteiger partial charge >= 0.3 is 0 Å². The van der Waals surface area contributed by atoms with Crippen molar-refractivity contribution in [1.29, 1.82) is 0 Å². The molecule has 7 heteroatoms. The number of ether oxygens (including phenoxy) is 2. The van der Waals surface area contributed by atoms with Crippen molar-refractivity contribution in [3.8, 4) is 22.8 Å². The summed E-state index contributed by atoms with van der Waals surface area (Å²) in [5, 5.41) is 4.75. The summed E-state index contributed by atoms with van der Waals surface area (Å²) in [4.78, 5) is 7.15. The van der Waals surface area contributed by atoms with Gasteiger partial charge < -0.3 is 20.1 Å². The highest BCUT2D eigenvalue weighted by molar-refractivity contribution is 5.76. The average Bonchev–Trinajstić information content (AvgIpc) is 3.23. The lowest BCUT2D eigenvalue weighted by molar-refractivity contribution is 0.355. The fourth-order valence-corrected chi connectivity index (χ4v) is 3.78. The third kappa shape index (κ3) is 2.98. The molecule has 1 aromatic carbocycles. The van der Waals surface area contributed by atoms with Crippen LogP contribution in [0.4, 0.5) is 5.69 Å². The molecule has 27 heavy (non-hydrogen) atoms. The molecule has 0 saturated carbocycles. The minimum atomic E-state index is 0.208. The molecule has 0 radical (unpaired) electrons. The van der Waals surface area contributed by atoms with E-state index in [-0.39, 0.29) is 6.04 Å². The second-order valence-corrected chi connectivity index (χ2v) is 7.02. The number of hydrogen-bond donors (Lipinski definition) is 1.